The molecule has 0 atom stereocenters. The van der Waals surface area contributed by atoms with Crippen LogP contribution in [0.5, 0.6) is 5.75 Å². The molecule has 1 aliphatic rings. The normalized spacial score (nSPS) is 14.5. The summed E-state index contributed by atoms with van der Waals surface area (Å²) in [7, 11) is 0. The SMILES string of the molecule is O=C1N/C(=C\c2cc(Br)c(OCc3cccc4ccccc34)c(Br)c2)C(=O)N1Cc1ccc(Cl)cc1. The van der Waals surface area contributed by atoms with Crippen molar-refractivity contribution < 1.29 is 14.3 Å². The highest BCUT2D eigenvalue weighted by atomic mass is 79.9. The van der Waals surface area contributed by atoms with E-state index in [0.717, 1.165) is 36.4 Å². The van der Waals surface area contributed by atoms with Gasteiger partial charge < -0.3 is 10.1 Å². The number of nitrogens with one attached hydrogen (secondary N) is 1. The van der Waals surface area contributed by atoms with Crippen molar-refractivity contribution in [3.8, 4) is 5.75 Å². The molecule has 5 rings (SSSR count). The van der Waals surface area contributed by atoms with Crippen LogP contribution < -0.4 is 10.1 Å². The fraction of sp³-hybridized carbons (Fsp3) is 0.0714. The largest absolute Gasteiger partial charge is 0.487 e. The highest BCUT2D eigenvalue weighted by molar-refractivity contribution is 9.11. The van der Waals surface area contributed by atoms with Gasteiger partial charge in [0, 0.05) is 5.02 Å². The minimum atomic E-state index is -0.464. The van der Waals surface area contributed by atoms with Crippen LogP contribution in [-0.2, 0) is 17.9 Å². The summed E-state index contributed by atoms with van der Waals surface area (Å²) >= 11 is 13.1. The summed E-state index contributed by atoms with van der Waals surface area (Å²) in [6.45, 7) is 0.556. The van der Waals surface area contributed by atoms with Gasteiger partial charge in [0.15, 0.2) is 0 Å². The first-order valence-corrected chi connectivity index (χ1v) is 13.0. The molecule has 1 saturated heterocycles. The smallest absolute Gasteiger partial charge is 0.329 e. The van der Waals surface area contributed by atoms with Gasteiger partial charge in [-0.25, -0.2) is 4.79 Å². The second kappa shape index (κ2) is 10.5. The van der Waals surface area contributed by atoms with Crippen LogP contribution in [0.15, 0.2) is 93.5 Å². The Labute approximate surface area is 230 Å². The number of benzene rings is 4. The standard InChI is InChI=1S/C28H19Br2ClN2O3/c29-23-12-18(14-25-27(34)33(28(35)32-25)15-17-8-10-21(31)11-9-17)13-24(30)26(23)36-16-20-6-3-5-19-4-1-2-7-22(19)20/h1-14H,15-16H2,(H,32,35)/b25-14-. The van der Waals surface area contributed by atoms with Gasteiger partial charge in [-0.1, -0.05) is 66.2 Å². The molecule has 4 aromatic rings. The van der Waals surface area contributed by atoms with Gasteiger partial charge in [-0.3, -0.25) is 9.69 Å². The van der Waals surface area contributed by atoms with E-state index in [1.54, 1.807) is 30.3 Å². The number of fused-ring (bicyclic) bond motifs is 1. The second-order valence-corrected chi connectivity index (χ2v) is 10.4. The lowest BCUT2D eigenvalue weighted by atomic mass is 10.1. The zero-order valence-electron chi connectivity index (χ0n) is 18.8. The summed E-state index contributed by atoms with van der Waals surface area (Å²) in [6.07, 6.45) is 1.64. The first-order valence-electron chi connectivity index (χ1n) is 11.1. The number of nitrogens with zero attached hydrogens (tertiary/aromatic N) is 1. The topological polar surface area (TPSA) is 58.6 Å². The molecular weight excluding hydrogens is 608 g/mol. The van der Waals surface area contributed by atoms with Crippen LogP contribution in [-0.4, -0.2) is 16.8 Å². The third kappa shape index (κ3) is 5.19. The first-order chi connectivity index (χ1) is 17.4. The molecule has 1 aliphatic heterocycles. The molecular formula is C28H19Br2ClN2O3. The molecule has 0 saturated carbocycles. The Kier molecular flexibility index (Phi) is 7.14. The summed E-state index contributed by atoms with van der Waals surface area (Å²) in [5, 5.41) is 5.56. The molecule has 3 amide bonds. The lowest BCUT2D eigenvalue weighted by Gasteiger charge is -2.13. The van der Waals surface area contributed by atoms with Crippen molar-refractivity contribution in [1.29, 1.82) is 0 Å². The van der Waals surface area contributed by atoms with E-state index in [1.165, 1.54) is 4.90 Å². The number of amides is 3. The van der Waals surface area contributed by atoms with Crippen LogP contribution in [0.25, 0.3) is 16.8 Å². The zero-order chi connectivity index (χ0) is 25.2. The van der Waals surface area contributed by atoms with Gasteiger partial charge >= 0.3 is 6.03 Å². The Balaban J connectivity index is 1.33. The molecule has 8 heteroatoms. The molecule has 1 fully saturated rings. The van der Waals surface area contributed by atoms with Gasteiger partial charge in [-0.05, 0) is 89.7 Å². The minimum Gasteiger partial charge on any atom is -0.487 e. The van der Waals surface area contributed by atoms with E-state index in [2.05, 4.69) is 55.4 Å². The van der Waals surface area contributed by atoms with E-state index in [0.29, 0.717) is 17.4 Å². The van der Waals surface area contributed by atoms with Crippen LogP contribution in [0.2, 0.25) is 5.02 Å². The van der Waals surface area contributed by atoms with Gasteiger partial charge in [0.1, 0.15) is 18.1 Å². The molecule has 36 heavy (non-hydrogen) atoms. The van der Waals surface area contributed by atoms with Crippen molar-refractivity contribution in [2.24, 2.45) is 0 Å². The number of rotatable bonds is 6. The van der Waals surface area contributed by atoms with Crippen molar-refractivity contribution in [3.05, 3.63) is 115 Å². The average molecular weight is 627 g/mol. The molecule has 0 bridgehead atoms. The van der Waals surface area contributed by atoms with Crippen LogP contribution in [0.4, 0.5) is 4.79 Å². The third-order valence-corrected chi connectivity index (χ3v) is 7.23. The van der Waals surface area contributed by atoms with Crippen LogP contribution in [0, 0.1) is 0 Å². The third-order valence-electron chi connectivity index (χ3n) is 5.80. The number of carbonyl (C=O) groups excluding carboxylic acids is 2. The van der Waals surface area contributed by atoms with Gasteiger partial charge in [0.25, 0.3) is 5.91 Å². The number of ether oxygens (including phenoxy) is 1. The number of carbonyl (C=O) groups is 2. The van der Waals surface area contributed by atoms with E-state index in [4.69, 9.17) is 16.3 Å². The zero-order valence-corrected chi connectivity index (χ0v) is 22.7. The predicted octanol–water partition coefficient (Wildman–Crippen LogP) is 7.69. The molecule has 0 aromatic heterocycles. The monoisotopic (exact) mass is 624 g/mol. The molecule has 5 nitrogen and oxygen atoms in total. The summed E-state index contributed by atoms with van der Waals surface area (Å²) in [5.41, 5.74) is 2.82. The maximum Gasteiger partial charge on any atom is 0.329 e. The Bertz CT molecular complexity index is 1490. The molecule has 0 radical (unpaired) electrons. The molecule has 0 unspecified atom stereocenters. The van der Waals surface area contributed by atoms with Crippen molar-refractivity contribution in [1.82, 2.24) is 10.2 Å². The van der Waals surface area contributed by atoms with Crippen molar-refractivity contribution in [2.45, 2.75) is 13.2 Å². The number of urea groups is 1. The van der Waals surface area contributed by atoms with Crippen molar-refractivity contribution in [2.75, 3.05) is 0 Å². The Morgan fingerprint density at radius 2 is 1.61 bits per heavy atom. The van der Waals surface area contributed by atoms with E-state index < -0.39 is 11.9 Å². The first kappa shape index (κ1) is 24.6. The molecule has 1 N–H and O–H groups in total. The Morgan fingerprint density at radius 3 is 2.36 bits per heavy atom. The fourth-order valence-electron chi connectivity index (χ4n) is 4.02. The quantitative estimate of drug-likeness (QED) is 0.176. The van der Waals surface area contributed by atoms with Crippen LogP contribution in [0.1, 0.15) is 16.7 Å². The van der Waals surface area contributed by atoms with E-state index in [-0.39, 0.29) is 12.2 Å². The minimum absolute atomic E-state index is 0.160. The molecule has 1 heterocycles. The second-order valence-electron chi connectivity index (χ2n) is 8.25. The van der Waals surface area contributed by atoms with Gasteiger partial charge in [-0.2, -0.15) is 0 Å². The van der Waals surface area contributed by atoms with E-state index in [9.17, 15) is 9.59 Å². The van der Waals surface area contributed by atoms with Crippen LogP contribution in [0.3, 0.4) is 0 Å². The fourth-order valence-corrected chi connectivity index (χ4v) is 5.60. The maximum atomic E-state index is 12.9. The maximum absolute atomic E-state index is 12.9. The average Bonchev–Trinajstić information content (AvgIpc) is 3.12. The van der Waals surface area contributed by atoms with Crippen LogP contribution >= 0.6 is 43.5 Å². The van der Waals surface area contributed by atoms with Crippen molar-refractivity contribution >= 4 is 72.2 Å². The summed E-state index contributed by atoms with van der Waals surface area (Å²) < 4.78 is 7.59. The van der Waals surface area contributed by atoms with E-state index >= 15 is 0 Å². The summed E-state index contributed by atoms with van der Waals surface area (Å²) in [5.74, 6) is 0.259. The number of halogens is 3. The highest BCUT2D eigenvalue weighted by Gasteiger charge is 2.33. The predicted molar refractivity (Wildman–Crippen MR) is 149 cm³/mol. The Morgan fingerprint density at radius 1 is 0.917 bits per heavy atom. The Hall–Kier alpha value is -3.13. The molecule has 180 valence electrons. The summed E-state index contributed by atoms with van der Waals surface area (Å²) in [4.78, 5) is 26.5. The van der Waals surface area contributed by atoms with Gasteiger partial charge in [-0.15, -0.1) is 0 Å². The van der Waals surface area contributed by atoms with Gasteiger partial charge in [0.05, 0.1) is 15.5 Å². The van der Waals surface area contributed by atoms with Crippen molar-refractivity contribution in [3.63, 3.8) is 0 Å². The van der Waals surface area contributed by atoms with E-state index in [1.807, 2.05) is 36.4 Å². The molecule has 0 aliphatic carbocycles. The highest BCUT2D eigenvalue weighted by Crippen LogP contribution is 2.36. The number of imide groups is 1. The molecule has 0 spiro atoms. The lowest BCUT2D eigenvalue weighted by molar-refractivity contribution is -0.123. The summed E-state index contributed by atoms with van der Waals surface area (Å²) in [6, 6.07) is 24.6. The molecule has 4 aromatic carbocycles. The number of hydrogen-bond donors (Lipinski definition) is 1. The lowest BCUT2D eigenvalue weighted by Crippen LogP contribution is -2.30. The van der Waals surface area contributed by atoms with Gasteiger partial charge in [0.2, 0.25) is 0 Å². The number of hydrogen-bond acceptors (Lipinski definition) is 3.